The Morgan fingerprint density at radius 1 is 1.50 bits per heavy atom. The van der Waals surface area contributed by atoms with Crippen molar-refractivity contribution in [3.05, 3.63) is 12.2 Å². The lowest BCUT2D eigenvalue weighted by Gasteiger charge is -2.03. The Kier molecular flexibility index (Phi) is 3.47. The van der Waals surface area contributed by atoms with Crippen molar-refractivity contribution in [1.29, 1.82) is 0 Å². The minimum atomic E-state index is 0.475. The summed E-state index contributed by atoms with van der Waals surface area (Å²) in [6.45, 7) is 1.59. The fourth-order valence-electron chi connectivity index (χ4n) is 1.17. The van der Waals surface area contributed by atoms with Crippen LogP contribution in [0.2, 0.25) is 0 Å². The summed E-state index contributed by atoms with van der Waals surface area (Å²) in [5.74, 6) is 0. The lowest BCUT2D eigenvalue weighted by molar-refractivity contribution is 0.113. The third kappa shape index (κ3) is 2.50. The van der Waals surface area contributed by atoms with E-state index in [2.05, 4.69) is 6.08 Å². The van der Waals surface area contributed by atoms with Crippen molar-refractivity contribution < 1.29 is 4.74 Å². The zero-order chi connectivity index (χ0) is 7.23. The van der Waals surface area contributed by atoms with Gasteiger partial charge in [0.1, 0.15) is 0 Å². The minimum Gasteiger partial charge on any atom is -0.378 e. The van der Waals surface area contributed by atoms with Crippen molar-refractivity contribution in [2.24, 2.45) is 5.73 Å². The van der Waals surface area contributed by atoms with Crippen LogP contribution in [0.4, 0.5) is 0 Å². The van der Waals surface area contributed by atoms with Gasteiger partial charge in [0.2, 0.25) is 0 Å². The van der Waals surface area contributed by atoms with Crippen molar-refractivity contribution in [3.8, 4) is 0 Å². The van der Waals surface area contributed by atoms with Crippen molar-refractivity contribution in [2.75, 3.05) is 13.2 Å². The molecule has 2 heteroatoms. The highest BCUT2D eigenvalue weighted by Crippen LogP contribution is 2.15. The standard InChI is InChI=1S/C8H15NO/c9-6-2-1-4-8-5-3-7-10-8/h1-2,8H,3-7,9H2/b2-1-. The summed E-state index contributed by atoms with van der Waals surface area (Å²) in [5.41, 5.74) is 5.29. The van der Waals surface area contributed by atoms with Crippen LogP contribution in [0, 0.1) is 0 Å². The summed E-state index contributed by atoms with van der Waals surface area (Å²) in [6.07, 6.45) is 8.05. The normalized spacial score (nSPS) is 26.3. The zero-order valence-corrected chi connectivity index (χ0v) is 6.25. The molecule has 0 radical (unpaired) electrons. The van der Waals surface area contributed by atoms with Gasteiger partial charge in [-0.15, -0.1) is 0 Å². The summed E-state index contributed by atoms with van der Waals surface area (Å²) < 4.78 is 5.41. The second-order valence-corrected chi connectivity index (χ2v) is 2.58. The smallest absolute Gasteiger partial charge is 0.0610 e. The molecule has 0 bridgehead atoms. The average molecular weight is 141 g/mol. The van der Waals surface area contributed by atoms with Gasteiger partial charge in [0.15, 0.2) is 0 Å². The minimum absolute atomic E-state index is 0.475. The van der Waals surface area contributed by atoms with Crippen LogP contribution >= 0.6 is 0 Å². The molecule has 0 aliphatic carbocycles. The van der Waals surface area contributed by atoms with E-state index in [-0.39, 0.29) is 0 Å². The van der Waals surface area contributed by atoms with Crippen LogP contribution in [0.5, 0.6) is 0 Å². The summed E-state index contributed by atoms with van der Waals surface area (Å²) in [5, 5.41) is 0. The van der Waals surface area contributed by atoms with Gasteiger partial charge in [0, 0.05) is 13.2 Å². The Bertz CT molecular complexity index is 106. The van der Waals surface area contributed by atoms with Gasteiger partial charge in [-0.05, 0) is 19.3 Å². The van der Waals surface area contributed by atoms with Crippen LogP contribution in [0.15, 0.2) is 12.2 Å². The van der Waals surface area contributed by atoms with E-state index in [0.717, 1.165) is 13.0 Å². The fourth-order valence-corrected chi connectivity index (χ4v) is 1.17. The molecule has 1 saturated heterocycles. The molecule has 1 unspecified atom stereocenters. The molecule has 1 aliphatic heterocycles. The second-order valence-electron chi connectivity index (χ2n) is 2.58. The molecule has 1 atom stereocenters. The molecule has 1 fully saturated rings. The van der Waals surface area contributed by atoms with E-state index in [1.807, 2.05) is 6.08 Å². The van der Waals surface area contributed by atoms with Crippen molar-refractivity contribution in [3.63, 3.8) is 0 Å². The van der Waals surface area contributed by atoms with Crippen molar-refractivity contribution in [1.82, 2.24) is 0 Å². The molecule has 0 amide bonds. The summed E-state index contributed by atoms with van der Waals surface area (Å²) in [7, 11) is 0. The number of hydrogen-bond acceptors (Lipinski definition) is 2. The quantitative estimate of drug-likeness (QED) is 0.597. The van der Waals surface area contributed by atoms with Gasteiger partial charge in [0.25, 0.3) is 0 Å². The topological polar surface area (TPSA) is 35.2 Å². The molecule has 0 aromatic heterocycles. The maximum Gasteiger partial charge on any atom is 0.0610 e. The van der Waals surface area contributed by atoms with E-state index in [1.165, 1.54) is 12.8 Å². The summed E-state index contributed by atoms with van der Waals surface area (Å²) in [6, 6.07) is 0. The van der Waals surface area contributed by atoms with Gasteiger partial charge in [-0.1, -0.05) is 12.2 Å². The van der Waals surface area contributed by atoms with Crippen molar-refractivity contribution >= 4 is 0 Å². The highest BCUT2D eigenvalue weighted by molar-refractivity contribution is 4.86. The van der Waals surface area contributed by atoms with E-state index >= 15 is 0 Å². The van der Waals surface area contributed by atoms with E-state index in [4.69, 9.17) is 10.5 Å². The third-order valence-electron chi connectivity index (χ3n) is 1.73. The average Bonchev–Trinajstić information content (AvgIpc) is 2.41. The number of rotatable bonds is 3. The number of hydrogen-bond donors (Lipinski definition) is 1. The Labute approximate surface area is 62.1 Å². The SMILES string of the molecule is NC/C=C\CC1CCCO1. The molecule has 1 rings (SSSR count). The molecule has 58 valence electrons. The second kappa shape index (κ2) is 4.47. The van der Waals surface area contributed by atoms with E-state index in [1.54, 1.807) is 0 Å². The van der Waals surface area contributed by atoms with Crippen LogP contribution in [0.1, 0.15) is 19.3 Å². The predicted molar refractivity (Wildman–Crippen MR) is 41.8 cm³/mol. The van der Waals surface area contributed by atoms with Gasteiger partial charge in [-0.3, -0.25) is 0 Å². The van der Waals surface area contributed by atoms with E-state index < -0.39 is 0 Å². The molecule has 1 heterocycles. The first-order valence-electron chi connectivity index (χ1n) is 3.90. The summed E-state index contributed by atoms with van der Waals surface area (Å²) >= 11 is 0. The zero-order valence-electron chi connectivity index (χ0n) is 6.25. The van der Waals surface area contributed by atoms with Crippen LogP contribution in [-0.4, -0.2) is 19.3 Å². The lowest BCUT2D eigenvalue weighted by Crippen LogP contribution is -2.02. The Hall–Kier alpha value is -0.340. The summed E-state index contributed by atoms with van der Waals surface area (Å²) in [4.78, 5) is 0. The fraction of sp³-hybridized carbons (Fsp3) is 0.750. The number of nitrogens with two attached hydrogens (primary N) is 1. The maximum absolute atomic E-state index is 5.41. The monoisotopic (exact) mass is 141 g/mol. The largest absolute Gasteiger partial charge is 0.378 e. The molecular formula is C8H15NO. The van der Waals surface area contributed by atoms with Gasteiger partial charge in [-0.2, -0.15) is 0 Å². The molecular weight excluding hydrogens is 126 g/mol. The lowest BCUT2D eigenvalue weighted by atomic mass is 10.2. The van der Waals surface area contributed by atoms with Crippen molar-refractivity contribution in [2.45, 2.75) is 25.4 Å². The Balaban J connectivity index is 2.06. The first-order valence-corrected chi connectivity index (χ1v) is 3.90. The van der Waals surface area contributed by atoms with Crippen LogP contribution < -0.4 is 5.73 Å². The molecule has 0 aromatic carbocycles. The van der Waals surface area contributed by atoms with Gasteiger partial charge < -0.3 is 10.5 Å². The maximum atomic E-state index is 5.41. The predicted octanol–water partition coefficient (Wildman–Crippen LogP) is 1.07. The first-order chi connectivity index (χ1) is 4.93. The molecule has 1 aliphatic rings. The Morgan fingerprint density at radius 2 is 2.40 bits per heavy atom. The van der Waals surface area contributed by atoms with Crippen LogP contribution in [0.3, 0.4) is 0 Å². The van der Waals surface area contributed by atoms with Crippen LogP contribution in [-0.2, 0) is 4.74 Å². The van der Waals surface area contributed by atoms with Gasteiger partial charge >= 0.3 is 0 Å². The Morgan fingerprint density at radius 3 is 3.00 bits per heavy atom. The van der Waals surface area contributed by atoms with Gasteiger partial charge in [0.05, 0.1) is 6.10 Å². The number of ether oxygens (including phenoxy) is 1. The van der Waals surface area contributed by atoms with E-state index in [0.29, 0.717) is 12.6 Å². The van der Waals surface area contributed by atoms with Crippen LogP contribution in [0.25, 0.3) is 0 Å². The highest BCUT2D eigenvalue weighted by atomic mass is 16.5. The highest BCUT2D eigenvalue weighted by Gasteiger charge is 2.12. The van der Waals surface area contributed by atoms with Gasteiger partial charge in [-0.25, -0.2) is 0 Å². The molecule has 0 saturated carbocycles. The first kappa shape index (κ1) is 7.76. The molecule has 0 spiro atoms. The molecule has 2 N–H and O–H groups in total. The van der Waals surface area contributed by atoms with E-state index in [9.17, 15) is 0 Å². The molecule has 10 heavy (non-hydrogen) atoms. The third-order valence-corrected chi connectivity index (χ3v) is 1.73. The molecule has 0 aromatic rings. The molecule has 2 nitrogen and oxygen atoms in total.